The zero-order valence-corrected chi connectivity index (χ0v) is 9.86. The lowest BCUT2D eigenvalue weighted by Gasteiger charge is -2.21. The first-order valence-electron chi connectivity index (χ1n) is 6.40. The predicted octanol–water partition coefficient (Wildman–Crippen LogP) is 2.54. The number of nitrogens with zero attached hydrogens (tertiary/aromatic N) is 2. The van der Waals surface area contributed by atoms with Gasteiger partial charge >= 0.3 is 0 Å². The maximum Gasteiger partial charge on any atom is 0.115 e. The van der Waals surface area contributed by atoms with Crippen LogP contribution in [-0.2, 0) is 6.54 Å². The number of nitrogens with one attached hydrogen (secondary N) is 1. The second-order valence-corrected chi connectivity index (χ2v) is 4.72. The van der Waals surface area contributed by atoms with Crippen molar-refractivity contribution in [2.75, 3.05) is 6.54 Å². The van der Waals surface area contributed by atoms with Gasteiger partial charge in [0.25, 0.3) is 0 Å². The molecule has 3 nitrogen and oxygen atoms in total. The Balaban J connectivity index is 1.58. The molecule has 0 amide bonds. The minimum Gasteiger partial charge on any atom is -0.313 e. The fraction of sp³-hybridized carbons (Fsp3) is 0.692. The fourth-order valence-corrected chi connectivity index (χ4v) is 2.44. The lowest BCUT2D eigenvalue weighted by atomic mass is 9.87. The van der Waals surface area contributed by atoms with Gasteiger partial charge in [0, 0.05) is 24.5 Å². The largest absolute Gasteiger partial charge is 0.313 e. The number of rotatable bonds is 5. The molecule has 1 aromatic heterocycles. The molecule has 0 aromatic carbocycles. The Morgan fingerprint density at radius 1 is 1.12 bits per heavy atom. The highest BCUT2D eigenvalue weighted by atomic mass is 14.9. The number of aromatic nitrogens is 2. The molecule has 16 heavy (non-hydrogen) atoms. The zero-order valence-electron chi connectivity index (χ0n) is 9.86. The second-order valence-electron chi connectivity index (χ2n) is 4.72. The SMILES string of the molecule is c1ncc(CNCCC2CCCCC2)cn1. The summed E-state index contributed by atoms with van der Waals surface area (Å²) in [5.74, 6) is 0.966. The number of hydrogen-bond donors (Lipinski definition) is 1. The Labute approximate surface area is 97.7 Å². The summed E-state index contributed by atoms with van der Waals surface area (Å²) in [4.78, 5) is 8.00. The van der Waals surface area contributed by atoms with Gasteiger partial charge in [-0.2, -0.15) is 0 Å². The Hall–Kier alpha value is -0.960. The van der Waals surface area contributed by atoms with Crippen LogP contribution in [0.5, 0.6) is 0 Å². The van der Waals surface area contributed by atoms with E-state index in [0.29, 0.717) is 0 Å². The van der Waals surface area contributed by atoms with E-state index in [-0.39, 0.29) is 0 Å². The Morgan fingerprint density at radius 3 is 2.62 bits per heavy atom. The van der Waals surface area contributed by atoms with E-state index >= 15 is 0 Å². The van der Waals surface area contributed by atoms with Crippen LogP contribution in [0, 0.1) is 5.92 Å². The summed E-state index contributed by atoms with van der Waals surface area (Å²) in [6, 6.07) is 0. The highest BCUT2D eigenvalue weighted by Gasteiger charge is 2.12. The van der Waals surface area contributed by atoms with E-state index in [2.05, 4.69) is 15.3 Å². The lowest BCUT2D eigenvalue weighted by molar-refractivity contribution is 0.334. The van der Waals surface area contributed by atoms with Gasteiger partial charge in [-0.3, -0.25) is 0 Å². The molecular formula is C13H21N3. The highest BCUT2D eigenvalue weighted by Crippen LogP contribution is 2.25. The first kappa shape index (κ1) is 11.5. The normalized spacial score (nSPS) is 17.5. The summed E-state index contributed by atoms with van der Waals surface area (Å²) in [6.45, 7) is 2.02. The van der Waals surface area contributed by atoms with Crippen LogP contribution < -0.4 is 5.32 Å². The molecule has 1 aromatic rings. The van der Waals surface area contributed by atoms with Crippen molar-refractivity contribution >= 4 is 0 Å². The van der Waals surface area contributed by atoms with E-state index < -0.39 is 0 Å². The van der Waals surface area contributed by atoms with Gasteiger partial charge in [-0.25, -0.2) is 9.97 Å². The van der Waals surface area contributed by atoms with Crippen molar-refractivity contribution in [3.05, 3.63) is 24.3 Å². The van der Waals surface area contributed by atoms with Crippen LogP contribution in [0.25, 0.3) is 0 Å². The van der Waals surface area contributed by atoms with E-state index in [4.69, 9.17) is 0 Å². The second kappa shape index (κ2) is 6.59. The summed E-state index contributed by atoms with van der Waals surface area (Å²) >= 11 is 0. The molecule has 88 valence electrons. The summed E-state index contributed by atoms with van der Waals surface area (Å²) in [6.07, 6.45) is 13.9. The van der Waals surface area contributed by atoms with Gasteiger partial charge in [-0.05, 0) is 18.9 Å². The molecule has 0 atom stereocenters. The maximum atomic E-state index is 4.00. The molecule has 0 aliphatic heterocycles. The molecule has 2 rings (SSSR count). The minimum atomic E-state index is 0.896. The van der Waals surface area contributed by atoms with Gasteiger partial charge in [-0.15, -0.1) is 0 Å². The van der Waals surface area contributed by atoms with Crippen molar-refractivity contribution in [1.82, 2.24) is 15.3 Å². The van der Waals surface area contributed by atoms with Crippen LogP contribution in [0.3, 0.4) is 0 Å². The van der Waals surface area contributed by atoms with Crippen LogP contribution in [0.2, 0.25) is 0 Å². The van der Waals surface area contributed by atoms with Crippen molar-refractivity contribution in [1.29, 1.82) is 0 Å². The highest BCUT2D eigenvalue weighted by molar-refractivity contribution is 5.01. The van der Waals surface area contributed by atoms with Crippen LogP contribution in [0.15, 0.2) is 18.7 Å². The molecule has 0 saturated heterocycles. The van der Waals surface area contributed by atoms with Crippen LogP contribution in [-0.4, -0.2) is 16.5 Å². The van der Waals surface area contributed by atoms with Crippen LogP contribution in [0.4, 0.5) is 0 Å². The van der Waals surface area contributed by atoms with Crippen molar-refractivity contribution in [3.8, 4) is 0 Å². The molecule has 0 radical (unpaired) electrons. The van der Waals surface area contributed by atoms with Gasteiger partial charge in [0.15, 0.2) is 0 Å². The summed E-state index contributed by atoms with van der Waals surface area (Å²) in [5.41, 5.74) is 1.17. The predicted molar refractivity (Wildman–Crippen MR) is 64.9 cm³/mol. The molecule has 1 N–H and O–H groups in total. The average Bonchev–Trinajstić information content (AvgIpc) is 2.37. The molecule has 0 spiro atoms. The van der Waals surface area contributed by atoms with Crippen molar-refractivity contribution in [2.24, 2.45) is 5.92 Å². The van der Waals surface area contributed by atoms with Gasteiger partial charge in [0.1, 0.15) is 6.33 Å². The van der Waals surface area contributed by atoms with Crippen molar-refractivity contribution in [3.63, 3.8) is 0 Å². The van der Waals surface area contributed by atoms with Gasteiger partial charge in [0.05, 0.1) is 0 Å². The van der Waals surface area contributed by atoms with Gasteiger partial charge < -0.3 is 5.32 Å². The van der Waals surface area contributed by atoms with E-state index in [1.165, 1.54) is 44.1 Å². The first-order valence-corrected chi connectivity index (χ1v) is 6.40. The first-order chi connectivity index (χ1) is 7.95. The lowest BCUT2D eigenvalue weighted by Crippen LogP contribution is -2.19. The topological polar surface area (TPSA) is 37.8 Å². The maximum absolute atomic E-state index is 4.00. The quantitative estimate of drug-likeness (QED) is 0.773. The van der Waals surface area contributed by atoms with Crippen molar-refractivity contribution in [2.45, 2.75) is 45.1 Å². The molecule has 1 saturated carbocycles. The molecule has 1 fully saturated rings. The molecule has 1 heterocycles. The van der Waals surface area contributed by atoms with Crippen molar-refractivity contribution < 1.29 is 0 Å². The zero-order chi connectivity index (χ0) is 11.1. The van der Waals surface area contributed by atoms with E-state index in [0.717, 1.165) is 19.0 Å². The Bertz CT molecular complexity index is 280. The van der Waals surface area contributed by atoms with Gasteiger partial charge in [0.2, 0.25) is 0 Å². The summed E-state index contributed by atoms with van der Waals surface area (Å²) < 4.78 is 0. The van der Waals surface area contributed by atoms with E-state index in [9.17, 15) is 0 Å². The molecule has 0 bridgehead atoms. The summed E-state index contributed by atoms with van der Waals surface area (Å²) in [5, 5.41) is 3.47. The minimum absolute atomic E-state index is 0.896. The van der Waals surface area contributed by atoms with E-state index in [1.54, 1.807) is 6.33 Å². The fourth-order valence-electron chi connectivity index (χ4n) is 2.44. The smallest absolute Gasteiger partial charge is 0.115 e. The number of hydrogen-bond acceptors (Lipinski definition) is 3. The Morgan fingerprint density at radius 2 is 1.88 bits per heavy atom. The van der Waals surface area contributed by atoms with Gasteiger partial charge in [-0.1, -0.05) is 32.1 Å². The molecule has 1 aliphatic carbocycles. The third-order valence-electron chi connectivity index (χ3n) is 3.40. The molecule has 0 unspecified atom stereocenters. The third-order valence-corrected chi connectivity index (χ3v) is 3.40. The third kappa shape index (κ3) is 3.89. The van der Waals surface area contributed by atoms with Crippen LogP contribution in [0.1, 0.15) is 44.1 Å². The molecule has 1 aliphatic rings. The van der Waals surface area contributed by atoms with Crippen LogP contribution >= 0.6 is 0 Å². The summed E-state index contributed by atoms with van der Waals surface area (Å²) in [7, 11) is 0. The standard InChI is InChI=1S/C13H21N3/c1-2-4-12(5-3-1)6-7-14-8-13-9-15-11-16-10-13/h9-12,14H,1-8H2. The molecule has 3 heteroatoms. The van der Waals surface area contributed by atoms with E-state index in [1.807, 2.05) is 12.4 Å². The monoisotopic (exact) mass is 219 g/mol. The molecular weight excluding hydrogens is 198 g/mol. The average molecular weight is 219 g/mol. The Kier molecular flexibility index (Phi) is 4.74.